The first-order valence-corrected chi connectivity index (χ1v) is 7.13. The van der Waals surface area contributed by atoms with Gasteiger partial charge in [0.2, 0.25) is 5.91 Å². The third-order valence-corrected chi connectivity index (χ3v) is 4.55. The molecule has 2 aliphatic carbocycles. The van der Waals surface area contributed by atoms with Gasteiger partial charge in [-0.3, -0.25) is 4.79 Å². The van der Waals surface area contributed by atoms with Gasteiger partial charge in [0.15, 0.2) is 0 Å². The van der Waals surface area contributed by atoms with E-state index in [1.807, 2.05) is 6.07 Å². The lowest BCUT2D eigenvalue weighted by Crippen LogP contribution is -2.29. The molecule has 96 valence electrons. The SMILES string of the molecule is O=C(NCCCc1ccc(Br)cc1F)C12CC1C2. The van der Waals surface area contributed by atoms with Gasteiger partial charge >= 0.3 is 0 Å². The normalized spacial score (nSPS) is 27.6. The van der Waals surface area contributed by atoms with Crippen LogP contribution in [0, 0.1) is 17.2 Å². The minimum Gasteiger partial charge on any atom is -0.356 e. The molecule has 0 unspecified atom stereocenters. The van der Waals surface area contributed by atoms with Gasteiger partial charge in [0.25, 0.3) is 0 Å². The van der Waals surface area contributed by atoms with E-state index >= 15 is 0 Å². The number of hydrogen-bond acceptors (Lipinski definition) is 1. The maximum absolute atomic E-state index is 13.5. The highest BCUT2D eigenvalue weighted by Crippen LogP contribution is 2.75. The summed E-state index contributed by atoms with van der Waals surface area (Å²) in [4.78, 5) is 11.7. The molecule has 0 radical (unpaired) electrons. The summed E-state index contributed by atoms with van der Waals surface area (Å²) in [7, 11) is 0. The summed E-state index contributed by atoms with van der Waals surface area (Å²) in [5, 5.41) is 2.96. The standard InChI is InChI=1S/C14H15BrFNO/c15-11-4-3-9(12(16)6-11)2-1-5-17-13(18)14-7-10(14)8-14/h3-4,6,10H,1-2,5,7-8H2,(H,17,18). The van der Waals surface area contributed by atoms with Crippen LogP contribution in [0.1, 0.15) is 24.8 Å². The van der Waals surface area contributed by atoms with Crippen molar-refractivity contribution >= 4 is 21.8 Å². The van der Waals surface area contributed by atoms with Crippen molar-refractivity contribution in [2.45, 2.75) is 25.7 Å². The third-order valence-electron chi connectivity index (χ3n) is 4.06. The lowest BCUT2D eigenvalue weighted by Gasteiger charge is -2.07. The van der Waals surface area contributed by atoms with Gasteiger partial charge in [0, 0.05) is 11.0 Å². The number of hydrogen-bond donors (Lipinski definition) is 1. The van der Waals surface area contributed by atoms with Crippen molar-refractivity contribution < 1.29 is 9.18 Å². The Labute approximate surface area is 114 Å². The van der Waals surface area contributed by atoms with Crippen LogP contribution >= 0.6 is 15.9 Å². The minimum absolute atomic E-state index is 0.0445. The van der Waals surface area contributed by atoms with Crippen molar-refractivity contribution in [3.8, 4) is 0 Å². The third kappa shape index (κ3) is 2.18. The maximum Gasteiger partial charge on any atom is 0.226 e. The van der Waals surface area contributed by atoms with Crippen LogP contribution in [0.3, 0.4) is 0 Å². The molecule has 0 spiro atoms. The van der Waals surface area contributed by atoms with Crippen molar-refractivity contribution in [3.63, 3.8) is 0 Å². The van der Waals surface area contributed by atoms with Crippen LogP contribution in [0.4, 0.5) is 4.39 Å². The Hall–Kier alpha value is -0.900. The van der Waals surface area contributed by atoms with Crippen LogP contribution in [0.5, 0.6) is 0 Å². The van der Waals surface area contributed by atoms with E-state index in [2.05, 4.69) is 21.2 Å². The van der Waals surface area contributed by atoms with Crippen molar-refractivity contribution in [1.82, 2.24) is 5.32 Å². The molecule has 1 aromatic rings. The van der Waals surface area contributed by atoms with Gasteiger partial charge < -0.3 is 5.32 Å². The Balaban J connectivity index is 1.42. The highest BCUT2D eigenvalue weighted by molar-refractivity contribution is 9.10. The average molecular weight is 312 g/mol. The van der Waals surface area contributed by atoms with Gasteiger partial charge in [-0.05, 0) is 49.3 Å². The van der Waals surface area contributed by atoms with E-state index < -0.39 is 0 Å². The summed E-state index contributed by atoms with van der Waals surface area (Å²) in [6.07, 6.45) is 3.61. The van der Waals surface area contributed by atoms with E-state index in [1.54, 1.807) is 6.07 Å². The number of nitrogens with one attached hydrogen (secondary N) is 1. The molecule has 2 saturated carbocycles. The molecule has 2 nitrogen and oxygen atoms in total. The maximum atomic E-state index is 13.5. The summed E-state index contributed by atoms with van der Waals surface area (Å²) in [6.45, 7) is 0.642. The Morgan fingerprint density at radius 1 is 1.50 bits per heavy atom. The predicted molar refractivity (Wildman–Crippen MR) is 70.6 cm³/mol. The minimum atomic E-state index is -0.182. The van der Waals surface area contributed by atoms with E-state index in [1.165, 1.54) is 6.07 Å². The number of amides is 1. The van der Waals surface area contributed by atoms with Crippen molar-refractivity contribution in [3.05, 3.63) is 34.1 Å². The zero-order valence-corrected chi connectivity index (χ0v) is 11.6. The molecule has 0 aliphatic heterocycles. The van der Waals surface area contributed by atoms with Crippen LogP contribution in [0.2, 0.25) is 0 Å². The summed E-state index contributed by atoms with van der Waals surface area (Å²) in [5.74, 6) is 0.712. The van der Waals surface area contributed by atoms with E-state index in [0.29, 0.717) is 24.4 Å². The highest BCUT2D eigenvalue weighted by Gasteiger charge is 2.74. The number of fused-ring (bicyclic) bond motifs is 1. The summed E-state index contributed by atoms with van der Waals surface area (Å²) in [6, 6.07) is 5.11. The summed E-state index contributed by atoms with van der Waals surface area (Å²) >= 11 is 3.23. The van der Waals surface area contributed by atoms with Crippen molar-refractivity contribution in [2.24, 2.45) is 11.3 Å². The molecular weight excluding hydrogens is 297 g/mol. The van der Waals surface area contributed by atoms with E-state index in [-0.39, 0.29) is 17.1 Å². The molecule has 18 heavy (non-hydrogen) atoms. The number of aryl methyl sites for hydroxylation is 1. The zero-order chi connectivity index (χ0) is 12.8. The first-order valence-electron chi connectivity index (χ1n) is 6.34. The Bertz CT molecular complexity index is 497. The molecule has 3 rings (SSSR count). The van der Waals surface area contributed by atoms with Gasteiger partial charge in [0.05, 0.1) is 5.41 Å². The predicted octanol–water partition coefficient (Wildman–Crippen LogP) is 3.05. The second kappa shape index (κ2) is 4.34. The van der Waals surface area contributed by atoms with Crippen LogP contribution in [-0.4, -0.2) is 12.5 Å². The fourth-order valence-corrected chi connectivity index (χ4v) is 2.79. The van der Waals surface area contributed by atoms with Gasteiger partial charge in [-0.15, -0.1) is 0 Å². The molecule has 2 fully saturated rings. The number of carbonyl (C=O) groups is 1. The van der Waals surface area contributed by atoms with Crippen LogP contribution in [-0.2, 0) is 11.2 Å². The van der Waals surface area contributed by atoms with Crippen LogP contribution in [0.15, 0.2) is 22.7 Å². The van der Waals surface area contributed by atoms with Crippen LogP contribution in [0.25, 0.3) is 0 Å². The van der Waals surface area contributed by atoms with E-state index in [4.69, 9.17) is 0 Å². The molecule has 0 heterocycles. The molecule has 0 bridgehead atoms. The number of benzene rings is 1. The van der Waals surface area contributed by atoms with Gasteiger partial charge in [0.1, 0.15) is 5.82 Å². The van der Waals surface area contributed by atoms with E-state index in [0.717, 1.165) is 23.7 Å². The van der Waals surface area contributed by atoms with Gasteiger partial charge in [-0.2, -0.15) is 0 Å². The molecule has 0 aromatic heterocycles. The average Bonchev–Trinajstić information content (AvgIpc) is 3.14. The largest absolute Gasteiger partial charge is 0.356 e. The van der Waals surface area contributed by atoms with Gasteiger partial charge in [-0.25, -0.2) is 4.39 Å². The van der Waals surface area contributed by atoms with Crippen molar-refractivity contribution in [2.75, 3.05) is 6.54 Å². The van der Waals surface area contributed by atoms with Crippen molar-refractivity contribution in [1.29, 1.82) is 0 Å². The fraction of sp³-hybridized carbons (Fsp3) is 0.500. The number of halogens is 2. The van der Waals surface area contributed by atoms with Crippen LogP contribution < -0.4 is 5.32 Å². The highest BCUT2D eigenvalue weighted by atomic mass is 79.9. The quantitative estimate of drug-likeness (QED) is 0.832. The molecule has 1 N–H and O–H groups in total. The molecular formula is C14H15BrFNO. The smallest absolute Gasteiger partial charge is 0.226 e. The molecule has 2 aliphatic rings. The number of rotatable bonds is 5. The lowest BCUT2D eigenvalue weighted by atomic mass is 10.1. The lowest BCUT2D eigenvalue weighted by molar-refractivity contribution is -0.124. The summed E-state index contributed by atoms with van der Waals surface area (Å²) < 4.78 is 14.3. The Morgan fingerprint density at radius 3 is 2.83 bits per heavy atom. The molecule has 1 aromatic carbocycles. The second-order valence-corrected chi connectivity index (χ2v) is 6.27. The fourth-order valence-electron chi connectivity index (χ4n) is 2.45. The Morgan fingerprint density at radius 2 is 2.22 bits per heavy atom. The zero-order valence-electron chi connectivity index (χ0n) is 10.0. The molecule has 0 saturated heterocycles. The van der Waals surface area contributed by atoms with E-state index in [9.17, 15) is 9.18 Å². The first kappa shape index (κ1) is 12.2. The monoisotopic (exact) mass is 311 g/mol. The second-order valence-electron chi connectivity index (χ2n) is 5.36. The van der Waals surface area contributed by atoms with Gasteiger partial charge in [-0.1, -0.05) is 22.0 Å². The molecule has 1 amide bonds. The first-order chi connectivity index (χ1) is 8.62. The number of carbonyl (C=O) groups excluding carboxylic acids is 1. The molecule has 0 atom stereocenters. The topological polar surface area (TPSA) is 29.1 Å². The summed E-state index contributed by atoms with van der Waals surface area (Å²) in [5.41, 5.74) is 0.754. The Kier molecular flexibility index (Phi) is 2.93. The molecule has 4 heteroatoms.